The van der Waals surface area contributed by atoms with Gasteiger partial charge in [-0.05, 0) is 39.7 Å². The topological polar surface area (TPSA) is 46.2 Å². The lowest BCUT2D eigenvalue weighted by atomic mass is 10.7. The Morgan fingerprint density at radius 3 is 1.30 bits per heavy atom. The van der Waals surface area contributed by atoms with Gasteiger partial charge in [0.25, 0.3) is 0 Å². The molecule has 0 amide bonds. The van der Waals surface area contributed by atoms with E-state index >= 15 is 0 Å². The largest absolute Gasteiger partial charge is 0.382 e. The summed E-state index contributed by atoms with van der Waals surface area (Å²) in [5.74, 6) is 0.448. The van der Waals surface area contributed by atoms with Crippen molar-refractivity contribution in [3.63, 3.8) is 0 Å². The molecule has 0 radical (unpaired) electrons. The van der Waals surface area contributed by atoms with Crippen molar-refractivity contribution in [3.8, 4) is 0 Å². The fourth-order valence-corrected chi connectivity index (χ4v) is 1.93. The van der Waals surface area contributed by atoms with Gasteiger partial charge >= 0.3 is 0 Å². The molecule has 0 unspecified atom stereocenters. The number of hydrogen-bond acceptors (Lipinski definition) is 5. The van der Waals surface area contributed by atoms with E-state index < -0.39 is 7.67 Å². The Balaban J connectivity index is 2.99. The van der Waals surface area contributed by atoms with Gasteiger partial charge in [-0.1, -0.05) is 0 Å². The van der Waals surface area contributed by atoms with Crippen LogP contribution in [0.25, 0.3) is 0 Å². The lowest BCUT2D eigenvalue weighted by Gasteiger charge is -2.14. The Labute approximate surface area is 135 Å². The van der Waals surface area contributed by atoms with Gasteiger partial charge in [-0.15, -0.1) is 0 Å². The second kappa shape index (κ2) is 14.9. The number of methoxy groups -OCH3 is 1. The summed E-state index contributed by atoms with van der Waals surface area (Å²) in [4.78, 5) is 0. The molecule has 0 aromatic heterocycles. The minimum atomic E-state index is -2.03. The minimum Gasteiger partial charge on any atom is -0.382 e. The lowest BCUT2D eigenvalue weighted by Crippen LogP contribution is -2.13. The van der Waals surface area contributed by atoms with Crippen LogP contribution in [0.2, 0.25) is 0 Å². The highest BCUT2D eigenvalue weighted by Gasteiger charge is 2.12. The lowest BCUT2D eigenvalue weighted by molar-refractivity contribution is -0.00660. The Kier molecular flexibility index (Phi) is 15.7. The molecule has 0 spiro atoms. The Morgan fingerprint density at radius 2 is 0.950 bits per heavy atom. The quantitative estimate of drug-likeness (QED) is 0.413. The van der Waals surface area contributed by atoms with Gasteiger partial charge in [0.2, 0.25) is 0 Å². The summed E-state index contributed by atoms with van der Waals surface area (Å²) in [6, 6.07) is 0. The zero-order chi connectivity index (χ0) is 15.1. The van der Waals surface area contributed by atoms with Crippen LogP contribution in [0, 0.1) is 0 Å². The first kappa shape index (κ1) is 21.0. The summed E-state index contributed by atoms with van der Waals surface area (Å²) in [5, 5.41) is 0. The Morgan fingerprint density at radius 1 is 0.600 bits per heavy atom. The maximum atomic E-state index is 5.65. The predicted octanol–water partition coefficient (Wildman–Crippen LogP) is 2.97. The number of ether oxygens (including phenoxy) is 5. The van der Waals surface area contributed by atoms with E-state index in [2.05, 4.69) is 0 Å². The molecule has 0 rings (SSSR count). The highest BCUT2D eigenvalue weighted by molar-refractivity contribution is 8.79. The highest BCUT2D eigenvalue weighted by Crippen LogP contribution is 2.62. The van der Waals surface area contributed by atoms with Gasteiger partial charge < -0.3 is 23.7 Å². The van der Waals surface area contributed by atoms with Crippen LogP contribution >= 0.6 is 39.7 Å². The highest BCUT2D eigenvalue weighted by atomic mass is 36.2. The van der Waals surface area contributed by atoms with Crippen LogP contribution in [0.1, 0.15) is 0 Å². The van der Waals surface area contributed by atoms with Crippen molar-refractivity contribution in [2.45, 2.75) is 0 Å². The molecular weight excluding hydrogens is 351 g/mol. The van der Waals surface area contributed by atoms with Crippen molar-refractivity contribution >= 4 is 39.7 Å². The molecule has 124 valence electrons. The van der Waals surface area contributed by atoms with Crippen molar-refractivity contribution in [1.29, 1.82) is 0 Å². The third kappa shape index (κ3) is 19.0. The first-order valence-corrected chi connectivity index (χ1v) is 10.5. The molecule has 0 atom stereocenters. The molecule has 0 aliphatic carbocycles. The SMILES string of the molecule is COCCOCCOCCOCCOCCS(Cl)(Cl)Cl. The fraction of sp³-hybridized carbons (Fsp3) is 1.00. The zero-order valence-electron chi connectivity index (χ0n) is 11.7. The molecule has 5 nitrogen and oxygen atoms in total. The molecule has 20 heavy (non-hydrogen) atoms. The molecule has 0 fully saturated rings. The smallest absolute Gasteiger partial charge is 0.0701 e. The molecular formula is C11H23Cl3O5S. The van der Waals surface area contributed by atoms with E-state index in [1.165, 1.54) is 0 Å². The van der Waals surface area contributed by atoms with Gasteiger partial charge in [0.1, 0.15) is 0 Å². The van der Waals surface area contributed by atoms with Crippen molar-refractivity contribution in [2.24, 2.45) is 0 Å². The van der Waals surface area contributed by atoms with Gasteiger partial charge in [-0.25, -0.2) is 0 Å². The van der Waals surface area contributed by atoms with Crippen molar-refractivity contribution in [2.75, 3.05) is 72.3 Å². The molecule has 0 saturated heterocycles. The molecule has 0 aromatic rings. The third-order valence-corrected chi connectivity index (χ3v) is 4.03. The van der Waals surface area contributed by atoms with E-state index in [4.69, 9.17) is 55.7 Å². The first-order chi connectivity index (χ1) is 9.56. The van der Waals surface area contributed by atoms with Gasteiger partial charge in [-0.2, -0.15) is 0 Å². The predicted molar refractivity (Wildman–Crippen MR) is 85.2 cm³/mol. The number of rotatable bonds is 15. The molecule has 9 heteroatoms. The average molecular weight is 374 g/mol. The first-order valence-electron chi connectivity index (χ1n) is 6.26. The van der Waals surface area contributed by atoms with Crippen LogP contribution in [-0.4, -0.2) is 72.3 Å². The Bertz CT molecular complexity index is 207. The van der Waals surface area contributed by atoms with E-state index in [9.17, 15) is 0 Å². The summed E-state index contributed by atoms with van der Waals surface area (Å²) < 4.78 is 25.9. The van der Waals surface area contributed by atoms with Gasteiger partial charge in [0, 0.05) is 12.9 Å². The third-order valence-electron chi connectivity index (χ3n) is 2.01. The normalized spacial score (nSPS) is 12.8. The monoisotopic (exact) mass is 372 g/mol. The second-order valence-corrected chi connectivity index (χ2v) is 11.2. The molecule has 0 aromatic carbocycles. The zero-order valence-corrected chi connectivity index (χ0v) is 14.7. The molecule has 0 N–H and O–H groups in total. The van der Waals surface area contributed by atoms with Crippen molar-refractivity contribution < 1.29 is 23.7 Å². The van der Waals surface area contributed by atoms with E-state index in [0.29, 0.717) is 65.2 Å². The second-order valence-electron chi connectivity index (χ2n) is 3.65. The number of hydrogen-bond donors (Lipinski definition) is 0. The van der Waals surface area contributed by atoms with Crippen LogP contribution in [-0.2, 0) is 23.7 Å². The molecule has 0 aliphatic heterocycles. The standard InChI is InChI=1S/C11H23Cl3O5S/c1-15-2-3-16-4-5-17-6-7-18-8-9-19-10-11-20(12,13)14/h2-11H2,1H3. The van der Waals surface area contributed by atoms with Crippen LogP contribution in [0.4, 0.5) is 0 Å². The summed E-state index contributed by atoms with van der Waals surface area (Å²) in [5.41, 5.74) is 0. The molecule has 0 heterocycles. The summed E-state index contributed by atoms with van der Waals surface area (Å²) >= 11 is 0. The van der Waals surface area contributed by atoms with Gasteiger partial charge in [-0.3, -0.25) is 0 Å². The molecule has 0 aliphatic rings. The van der Waals surface area contributed by atoms with Crippen LogP contribution in [0.5, 0.6) is 0 Å². The average Bonchev–Trinajstić information content (AvgIpc) is 2.38. The van der Waals surface area contributed by atoms with E-state index in [-0.39, 0.29) is 0 Å². The van der Waals surface area contributed by atoms with Crippen molar-refractivity contribution in [1.82, 2.24) is 0 Å². The van der Waals surface area contributed by atoms with E-state index in [1.807, 2.05) is 0 Å². The molecule has 0 bridgehead atoms. The summed E-state index contributed by atoms with van der Waals surface area (Å²) in [6.07, 6.45) is 0. The number of halogens is 3. The van der Waals surface area contributed by atoms with Crippen LogP contribution in [0.15, 0.2) is 0 Å². The summed E-state index contributed by atoms with van der Waals surface area (Å²) in [6.45, 7) is 4.78. The van der Waals surface area contributed by atoms with E-state index in [0.717, 1.165) is 0 Å². The van der Waals surface area contributed by atoms with Crippen LogP contribution in [0.3, 0.4) is 0 Å². The van der Waals surface area contributed by atoms with Gasteiger partial charge in [0.05, 0.1) is 59.5 Å². The van der Waals surface area contributed by atoms with Crippen molar-refractivity contribution in [3.05, 3.63) is 0 Å². The van der Waals surface area contributed by atoms with Crippen LogP contribution < -0.4 is 0 Å². The fourth-order valence-electron chi connectivity index (χ4n) is 1.06. The maximum Gasteiger partial charge on any atom is 0.0701 e. The van der Waals surface area contributed by atoms with E-state index in [1.54, 1.807) is 7.11 Å². The Hall–Kier alpha value is 1.02. The summed E-state index contributed by atoms with van der Waals surface area (Å²) in [7, 11) is 16.6. The maximum absolute atomic E-state index is 5.65. The molecule has 0 saturated carbocycles. The van der Waals surface area contributed by atoms with Gasteiger partial charge in [0.15, 0.2) is 0 Å². The minimum absolute atomic E-state index is 0.435.